The lowest BCUT2D eigenvalue weighted by Gasteiger charge is -2.11. The molecule has 1 fully saturated rings. The summed E-state index contributed by atoms with van der Waals surface area (Å²) in [6.07, 6.45) is 3.68. The Kier molecular flexibility index (Phi) is 13.3. The van der Waals surface area contributed by atoms with E-state index in [4.69, 9.17) is 14.2 Å². The van der Waals surface area contributed by atoms with E-state index in [1.807, 2.05) is 24.3 Å². The first kappa shape index (κ1) is 24.0. The van der Waals surface area contributed by atoms with Gasteiger partial charge in [0.1, 0.15) is 12.4 Å². The minimum absolute atomic E-state index is 0. The first-order valence-corrected chi connectivity index (χ1v) is 9.62. The molecule has 0 heterocycles. The van der Waals surface area contributed by atoms with Gasteiger partial charge in [0, 0.05) is 33.4 Å². The van der Waals surface area contributed by atoms with Crippen molar-refractivity contribution in [1.82, 2.24) is 10.6 Å². The number of benzene rings is 1. The Morgan fingerprint density at radius 3 is 2.56 bits per heavy atom. The molecule has 2 N–H and O–H groups in total. The van der Waals surface area contributed by atoms with Gasteiger partial charge in [0.05, 0.1) is 13.2 Å². The average Bonchev–Trinajstić information content (AvgIpc) is 3.48. The minimum Gasteiger partial charge on any atom is -0.491 e. The van der Waals surface area contributed by atoms with Gasteiger partial charge in [-0.2, -0.15) is 0 Å². The first-order chi connectivity index (χ1) is 12.8. The monoisotopic (exact) mass is 491 g/mol. The molecule has 154 valence electrons. The smallest absolute Gasteiger partial charge is 0.191 e. The molecule has 0 unspecified atom stereocenters. The van der Waals surface area contributed by atoms with Crippen molar-refractivity contribution >= 4 is 29.9 Å². The van der Waals surface area contributed by atoms with E-state index in [1.165, 1.54) is 12.8 Å². The van der Waals surface area contributed by atoms with Gasteiger partial charge in [0.15, 0.2) is 5.96 Å². The largest absolute Gasteiger partial charge is 0.491 e. The number of methoxy groups -OCH3 is 1. The summed E-state index contributed by atoms with van der Waals surface area (Å²) in [5.41, 5.74) is 1.15. The predicted octanol–water partition coefficient (Wildman–Crippen LogP) is 3.20. The van der Waals surface area contributed by atoms with Gasteiger partial charge in [-0.15, -0.1) is 24.0 Å². The van der Waals surface area contributed by atoms with Gasteiger partial charge >= 0.3 is 0 Å². The quantitative estimate of drug-likeness (QED) is 0.192. The molecular weight excluding hydrogens is 457 g/mol. The molecule has 0 radical (unpaired) electrons. The maximum atomic E-state index is 5.65. The molecule has 0 aromatic heterocycles. The number of hydrogen-bond donors (Lipinski definition) is 2. The molecule has 1 aromatic rings. The number of nitrogens with zero attached hydrogens (tertiary/aromatic N) is 1. The Morgan fingerprint density at radius 2 is 1.89 bits per heavy atom. The molecule has 2 rings (SSSR count). The number of rotatable bonds is 13. The Bertz CT molecular complexity index is 522. The number of ether oxygens (including phenoxy) is 3. The van der Waals surface area contributed by atoms with E-state index in [9.17, 15) is 0 Å². The summed E-state index contributed by atoms with van der Waals surface area (Å²) in [5, 5.41) is 6.64. The number of halogens is 1. The molecule has 0 aliphatic heterocycles. The van der Waals surface area contributed by atoms with Gasteiger partial charge in [0.2, 0.25) is 0 Å². The maximum absolute atomic E-state index is 5.65. The lowest BCUT2D eigenvalue weighted by Crippen LogP contribution is -2.38. The van der Waals surface area contributed by atoms with E-state index >= 15 is 0 Å². The van der Waals surface area contributed by atoms with Gasteiger partial charge in [-0.3, -0.25) is 0 Å². The summed E-state index contributed by atoms with van der Waals surface area (Å²) in [5.74, 6) is 2.53. The van der Waals surface area contributed by atoms with Crippen LogP contribution in [-0.4, -0.2) is 52.6 Å². The number of nitrogens with one attached hydrogen (secondary N) is 2. The zero-order valence-electron chi connectivity index (χ0n) is 16.5. The highest BCUT2D eigenvalue weighted by Gasteiger charge is 2.20. The number of guanidine groups is 1. The Hall–Kier alpha value is -1.06. The topological polar surface area (TPSA) is 64.1 Å². The van der Waals surface area contributed by atoms with Gasteiger partial charge in [-0.25, -0.2) is 4.99 Å². The van der Waals surface area contributed by atoms with Crippen molar-refractivity contribution in [3.63, 3.8) is 0 Å². The normalized spacial score (nSPS) is 13.8. The molecule has 0 amide bonds. The lowest BCUT2D eigenvalue weighted by molar-refractivity contribution is 0.123. The first-order valence-electron chi connectivity index (χ1n) is 9.62. The zero-order valence-corrected chi connectivity index (χ0v) is 18.9. The summed E-state index contributed by atoms with van der Waals surface area (Å²) < 4.78 is 16.2. The molecule has 1 aliphatic carbocycles. The Morgan fingerprint density at radius 1 is 1.11 bits per heavy atom. The summed E-state index contributed by atoms with van der Waals surface area (Å²) in [4.78, 5) is 4.64. The highest BCUT2D eigenvalue weighted by Crippen LogP contribution is 2.28. The van der Waals surface area contributed by atoms with Crippen molar-refractivity contribution in [1.29, 1.82) is 0 Å². The summed E-state index contributed by atoms with van der Waals surface area (Å²) in [6.45, 7) is 7.31. The molecule has 0 saturated heterocycles. The van der Waals surface area contributed by atoms with Crippen LogP contribution >= 0.6 is 24.0 Å². The van der Waals surface area contributed by atoms with Crippen molar-refractivity contribution in [2.24, 2.45) is 10.9 Å². The van der Waals surface area contributed by atoms with Crippen molar-refractivity contribution < 1.29 is 14.2 Å². The molecule has 1 aliphatic rings. The standard InChI is InChI=1S/C20H33N3O3.HI/c1-3-21-20(22-11-4-12-25-16-18-5-6-18)23-15-17-7-9-19(10-8-17)26-14-13-24-2;/h7-10,18H,3-6,11-16H2,1-2H3,(H2,21,22,23);1H. The molecule has 0 spiro atoms. The minimum atomic E-state index is 0. The molecule has 7 heteroatoms. The van der Waals surface area contributed by atoms with Gasteiger partial charge < -0.3 is 24.8 Å². The van der Waals surface area contributed by atoms with E-state index in [1.54, 1.807) is 7.11 Å². The molecule has 27 heavy (non-hydrogen) atoms. The Labute approximate surface area is 180 Å². The van der Waals surface area contributed by atoms with Crippen LogP contribution in [0, 0.1) is 5.92 Å². The van der Waals surface area contributed by atoms with Crippen molar-refractivity contribution in [3.8, 4) is 5.75 Å². The second kappa shape index (κ2) is 14.9. The molecule has 0 atom stereocenters. The van der Waals surface area contributed by atoms with Crippen LogP contribution in [0.3, 0.4) is 0 Å². The van der Waals surface area contributed by atoms with Crippen LogP contribution in [0.1, 0.15) is 31.7 Å². The lowest BCUT2D eigenvalue weighted by atomic mass is 10.2. The van der Waals surface area contributed by atoms with E-state index in [0.717, 1.165) is 55.9 Å². The second-order valence-electron chi connectivity index (χ2n) is 6.48. The van der Waals surface area contributed by atoms with Crippen LogP contribution in [0.25, 0.3) is 0 Å². The summed E-state index contributed by atoms with van der Waals surface area (Å²) in [7, 11) is 1.67. The molecule has 0 bridgehead atoms. The highest BCUT2D eigenvalue weighted by molar-refractivity contribution is 14.0. The van der Waals surface area contributed by atoms with E-state index < -0.39 is 0 Å². The van der Waals surface area contributed by atoms with Crippen molar-refractivity contribution in [2.45, 2.75) is 32.7 Å². The fraction of sp³-hybridized carbons (Fsp3) is 0.650. The van der Waals surface area contributed by atoms with Gasteiger partial charge in [-0.1, -0.05) is 12.1 Å². The van der Waals surface area contributed by atoms with Crippen LogP contribution in [-0.2, 0) is 16.0 Å². The van der Waals surface area contributed by atoms with Crippen LogP contribution in [0.15, 0.2) is 29.3 Å². The molecular formula is C20H34IN3O3. The fourth-order valence-corrected chi connectivity index (χ4v) is 2.36. The third-order valence-corrected chi connectivity index (χ3v) is 4.05. The molecule has 6 nitrogen and oxygen atoms in total. The second-order valence-corrected chi connectivity index (χ2v) is 6.48. The predicted molar refractivity (Wildman–Crippen MR) is 120 cm³/mol. The maximum Gasteiger partial charge on any atom is 0.191 e. The number of hydrogen-bond acceptors (Lipinski definition) is 4. The van der Waals surface area contributed by atoms with Crippen LogP contribution in [0.2, 0.25) is 0 Å². The third kappa shape index (κ3) is 11.4. The van der Waals surface area contributed by atoms with Crippen LogP contribution in [0.4, 0.5) is 0 Å². The van der Waals surface area contributed by atoms with Crippen molar-refractivity contribution in [2.75, 3.05) is 46.6 Å². The summed E-state index contributed by atoms with van der Waals surface area (Å²) in [6, 6.07) is 8.03. The van der Waals surface area contributed by atoms with Crippen molar-refractivity contribution in [3.05, 3.63) is 29.8 Å². The third-order valence-electron chi connectivity index (χ3n) is 4.05. The highest BCUT2D eigenvalue weighted by atomic mass is 127. The SMILES string of the molecule is CCNC(=NCc1ccc(OCCOC)cc1)NCCCOCC1CC1.I. The Balaban J connectivity index is 0.00000364. The van der Waals surface area contributed by atoms with E-state index in [-0.39, 0.29) is 24.0 Å². The van der Waals surface area contributed by atoms with E-state index in [2.05, 4.69) is 22.5 Å². The summed E-state index contributed by atoms with van der Waals surface area (Å²) >= 11 is 0. The average molecular weight is 491 g/mol. The fourth-order valence-electron chi connectivity index (χ4n) is 2.36. The molecule has 1 saturated carbocycles. The zero-order chi connectivity index (χ0) is 18.5. The van der Waals surface area contributed by atoms with Crippen LogP contribution in [0.5, 0.6) is 5.75 Å². The molecule has 1 aromatic carbocycles. The number of aliphatic imine (C=N–C) groups is 1. The van der Waals surface area contributed by atoms with Gasteiger partial charge in [-0.05, 0) is 49.8 Å². The van der Waals surface area contributed by atoms with E-state index in [0.29, 0.717) is 19.8 Å². The van der Waals surface area contributed by atoms with Gasteiger partial charge in [0.25, 0.3) is 0 Å². The van der Waals surface area contributed by atoms with Crippen LogP contribution < -0.4 is 15.4 Å².